The largest absolute Gasteiger partial charge is 0.324 e. The van der Waals surface area contributed by atoms with Gasteiger partial charge in [-0.25, -0.2) is 9.78 Å². The Morgan fingerprint density at radius 3 is 2.64 bits per heavy atom. The predicted octanol–water partition coefficient (Wildman–Crippen LogP) is 2.37. The molecule has 1 aromatic rings. The predicted molar refractivity (Wildman–Crippen MR) is 84.3 cm³/mol. The van der Waals surface area contributed by atoms with Gasteiger partial charge in [0.2, 0.25) is 0 Å². The number of urea groups is 1. The second-order valence-corrected chi connectivity index (χ2v) is 6.89. The van der Waals surface area contributed by atoms with E-state index in [-0.39, 0.29) is 6.03 Å². The lowest BCUT2D eigenvalue weighted by molar-refractivity contribution is 0.0767. The van der Waals surface area contributed by atoms with Gasteiger partial charge in [0.15, 0.2) is 0 Å². The molecule has 1 aromatic heterocycles. The molecular weight excluding hydrogens is 278 g/mol. The van der Waals surface area contributed by atoms with Crippen LogP contribution in [0, 0.1) is 5.92 Å². The lowest BCUT2D eigenvalue weighted by Crippen LogP contribution is -2.55. The fraction of sp³-hybridized carbons (Fsp3) is 0.812. The standard InChI is InChI=1S/C16H27N5O/c1-13-5-3-6-14(2)21(13)16(22)19-8-4-7-15(9-19)10-20-12-17-11-18-20/h11-15H,3-10H2,1-2H3/t13-,14-,15+/m1/s1. The van der Waals surface area contributed by atoms with E-state index in [4.69, 9.17) is 0 Å². The van der Waals surface area contributed by atoms with E-state index in [1.165, 1.54) is 6.42 Å². The number of nitrogens with zero attached hydrogens (tertiary/aromatic N) is 5. The second-order valence-electron chi connectivity index (χ2n) is 6.89. The summed E-state index contributed by atoms with van der Waals surface area (Å²) in [5.74, 6) is 0.481. The van der Waals surface area contributed by atoms with Gasteiger partial charge in [0, 0.05) is 31.7 Å². The van der Waals surface area contributed by atoms with Crippen molar-refractivity contribution < 1.29 is 4.79 Å². The number of hydrogen-bond acceptors (Lipinski definition) is 3. The summed E-state index contributed by atoms with van der Waals surface area (Å²) < 4.78 is 1.88. The quantitative estimate of drug-likeness (QED) is 0.843. The van der Waals surface area contributed by atoms with E-state index >= 15 is 0 Å². The summed E-state index contributed by atoms with van der Waals surface area (Å²) in [7, 11) is 0. The molecule has 2 fully saturated rings. The van der Waals surface area contributed by atoms with Crippen molar-refractivity contribution >= 4 is 6.03 Å². The van der Waals surface area contributed by atoms with Crippen LogP contribution in [0.5, 0.6) is 0 Å². The van der Waals surface area contributed by atoms with E-state index in [0.29, 0.717) is 18.0 Å². The highest BCUT2D eigenvalue weighted by molar-refractivity contribution is 5.75. The molecule has 2 saturated heterocycles. The van der Waals surface area contributed by atoms with Gasteiger partial charge in [0.25, 0.3) is 0 Å². The molecular formula is C16H27N5O. The number of carbonyl (C=O) groups excluding carboxylic acids is 1. The summed E-state index contributed by atoms with van der Waals surface area (Å²) >= 11 is 0. The van der Waals surface area contributed by atoms with Gasteiger partial charge in [-0.15, -0.1) is 0 Å². The molecule has 3 rings (SSSR count). The molecule has 3 atom stereocenters. The highest BCUT2D eigenvalue weighted by Crippen LogP contribution is 2.26. The van der Waals surface area contributed by atoms with Crippen molar-refractivity contribution in [2.24, 2.45) is 5.92 Å². The van der Waals surface area contributed by atoms with Gasteiger partial charge in [0.05, 0.1) is 0 Å². The first-order valence-electron chi connectivity index (χ1n) is 8.55. The summed E-state index contributed by atoms with van der Waals surface area (Å²) in [6.07, 6.45) is 9.08. The van der Waals surface area contributed by atoms with Gasteiger partial charge in [-0.05, 0) is 51.9 Å². The normalized spacial score (nSPS) is 29.6. The van der Waals surface area contributed by atoms with Crippen LogP contribution in [0.15, 0.2) is 12.7 Å². The Hall–Kier alpha value is -1.59. The minimum atomic E-state index is 0.239. The lowest BCUT2D eigenvalue weighted by atomic mass is 9.96. The van der Waals surface area contributed by atoms with E-state index in [1.54, 1.807) is 12.7 Å². The summed E-state index contributed by atoms with van der Waals surface area (Å²) in [5.41, 5.74) is 0. The van der Waals surface area contributed by atoms with Crippen molar-refractivity contribution in [2.45, 2.75) is 64.6 Å². The first-order valence-corrected chi connectivity index (χ1v) is 8.55. The smallest absolute Gasteiger partial charge is 0.320 e. The van der Waals surface area contributed by atoms with E-state index in [1.807, 2.05) is 4.68 Å². The highest BCUT2D eigenvalue weighted by atomic mass is 16.2. The molecule has 0 unspecified atom stereocenters. The van der Waals surface area contributed by atoms with Crippen LogP contribution in [0.3, 0.4) is 0 Å². The van der Waals surface area contributed by atoms with Crippen LogP contribution in [-0.2, 0) is 6.54 Å². The van der Waals surface area contributed by atoms with Gasteiger partial charge < -0.3 is 9.80 Å². The molecule has 2 aliphatic rings. The van der Waals surface area contributed by atoms with E-state index in [2.05, 4.69) is 33.7 Å². The number of aromatic nitrogens is 3. The van der Waals surface area contributed by atoms with Gasteiger partial charge in [-0.1, -0.05) is 0 Å². The minimum Gasteiger partial charge on any atom is -0.324 e. The lowest BCUT2D eigenvalue weighted by Gasteiger charge is -2.43. The molecule has 22 heavy (non-hydrogen) atoms. The molecule has 0 spiro atoms. The average molecular weight is 305 g/mol. The molecule has 3 heterocycles. The zero-order chi connectivity index (χ0) is 15.5. The molecule has 6 nitrogen and oxygen atoms in total. The molecule has 0 aromatic carbocycles. The summed E-state index contributed by atoms with van der Waals surface area (Å²) in [6.45, 7) is 6.96. The zero-order valence-electron chi connectivity index (χ0n) is 13.7. The average Bonchev–Trinajstić information content (AvgIpc) is 3.00. The maximum Gasteiger partial charge on any atom is 0.320 e. The van der Waals surface area contributed by atoms with Gasteiger partial charge in [-0.3, -0.25) is 4.68 Å². The SMILES string of the molecule is C[C@@H]1CCC[C@@H](C)N1C(=O)N1CCC[C@H](Cn2cncn2)C1. The van der Waals surface area contributed by atoms with Crippen LogP contribution in [0.2, 0.25) is 0 Å². The van der Waals surface area contributed by atoms with Crippen molar-refractivity contribution in [3.05, 3.63) is 12.7 Å². The van der Waals surface area contributed by atoms with Crippen molar-refractivity contribution in [3.63, 3.8) is 0 Å². The molecule has 0 aliphatic carbocycles. The van der Waals surface area contributed by atoms with E-state index in [0.717, 1.165) is 45.3 Å². The number of rotatable bonds is 2. The van der Waals surface area contributed by atoms with Crippen LogP contribution in [0.1, 0.15) is 46.0 Å². The zero-order valence-corrected chi connectivity index (χ0v) is 13.7. The number of likely N-dealkylation sites (tertiary alicyclic amines) is 2. The first-order chi connectivity index (χ1) is 10.6. The van der Waals surface area contributed by atoms with Crippen molar-refractivity contribution in [3.8, 4) is 0 Å². The topological polar surface area (TPSA) is 54.3 Å². The second kappa shape index (κ2) is 6.67. The monoisotopic (exact) mass is 305 g/mol. The Labute approximate surface area is 132 Å². The minimum absolute atomic E-state index is 0.239. The molecule has 2 amide bonds. The molecule has 0 bridgehead atoms. The van der Waals surface area contributed by atoms with Gasteiger partial charge in [-0.2, -0.15) is 5.10 Å². The molecule has 0 radical (unpaired) electrons. The van der Waals surface area contributed by atoms with Crippen LogP contribution in [0.25, 0.3) is 0 Å². The first kappa shape index (κ1) is 15.3. The molecule has 0 N–H and O–H groups in total. The maximum absolute atomic E-state index is 12.9. The Bertz CT molecular complexity index is 479. The number of carbonyl (C=O) groups is 1. The van der Waals surface area contributed by atoms with Gasteiger partial charge >= 0.3 is 6.03 Å². The van der Waals surface area contributed by atoms with Crippen LogP contribution in [-0.4, -0.2) is 55.8 Å². The van der Waals surface area contributed by atoms with Gasteiger partial charge in [0.1, 0.15) is 12.7 Å². The third kappa shape index (κ3) is 3.25. The summed E-state index contributed by atoms with van der Waals surface area (Å²) in [6, 6.07) is 0.974. The Balaban J connectivity index is 1.62. The number of hydrogen-bond donors (Lipinski definition) is 0. The molecule has 122 valence electrons. The van der Waals surface area contributed by atoms with Crippen molar-refractivity contribution in [1.29, 1.82) is 0 Å². The Morgan fingerprint density at radius 2 is 1.95 bits per heavy atom. The third-order valence-corrected chi connectivity index (χ3v) is 5.12. The van der Waals surface area contributed by atoms with Crippen LogP contribution < -0.4 is 0 Å². The highest BCUT2D eigenvalue weighted by Gasteiger charge is 2.34. The Morgan fingerprint density at radius 1 is 1.18 bits per heavy atom. The van der Waals surface area contributed by atoms with E-state index in [9.17, 15) is 4.79 Å². The summed E-state index contributed by atoms with van der Waals surface area (Å²) in [4.78, 5) is 21.1. The summed E-state index contributed by atoms with van der Waals surface area (Å²) in [5, 5.41) is 4.19. The van der Waals surface area contributed by atoms with Crippen LogP contribution >= 0.6 is 0 Å². The molecule has 2 aliphatic heterocycles. The van der Waals surface area contributed by atoms with Crippen molar-refractivity contribution in [1.82, 2.24) is 24.6 Å². The van der Waals surface area contributed by atoms with E-state index < -0.39 is 0 Å². The third-order valence-electron chi connectivity index (χ3n) is 5.12. The van der Waals surface area contributed by atoms with Crippen LogP contribution in [0.4, 0.5) is 4.79 Å². The Kier molecular flexibility index (Phi) is 4.64. The number of amides is 2. The van der Waals surface area contributed by atoms with Crippen molar-refractivity contribution in [2.75, 3.05) is 13.1 Å². The fourth-order valence-electron chi connectivity index (χ4n) is 3.94. The molecule has 0 saturated carbocycles. The fourth-order valence-corrected chi connectivity index (χ4v) is 3.94. The number of piperidine rings is 2. The maximum atomic E-state index is 12.9. The molecule has 6 heteroatoms.